The molecule has 0 unspecified atom stereocenters. The van der Waals surface area contributed by atoms with Gasteiger partial charge in [0.2, 0.25) is 0 Å². The van der Waals surface area contributed by atoms with Gasteiger partial charge in [-0.2, -0.15) is 11.3 Å². The van der Waals surface area contributed by atoms with E-state index in [0.717, 1.165) is 10.2 Å². The van der Waals surface area contributed by atoms with Crippen molar-refractivity contribution >= 4 is 27.3 Å². The summed E-state index contributed by atoms with van der Waals surface area (Å²) in [6.07, 6.45) is 1.80. The van der Waals surface area contributed by atoms with Crippen molar-refractivity contribution < 1.29 is 0 Å². The van der Waals surface area contributed by atoms with Crippen LogP contribution in [0.4, 0.5) is 0 Å². The minimum atomic E-state index is 1.02. The summed E-state index contributed by atoms with van der Waals surface area (Å²) in [6, 6.07) is 6.01. The molecule has 0 aliphatic carbocycles. The van der Waals surface area contributed by atoms with Gasteiger partial charge in [0.25, 0.3) is 0 Å². The van der Waals surface area contributed by atoms with Gasteiger partial charge in [-0.1, -0.05) is 15.9 Å². The van der Waals surface area contributed by atoms with Gasteiger partial charge >= 0.3 is 0 Å². The number of halogens is 1. The molecule has 0 amide bonds. The molecule has 0 bridgehead atoms. The summed E-state index contributed by atoms with van der Waals surface area (Å²) < 4.78 is 1.07. The van der Waals surface area contributed by atoms with Gasteiger partial charge in [-0.05, 0) is 23.6 Å². The largest absolute Gasteiger partial charge is 0.256 e. The standard InChI is InChI=1S/C9H6BrNS/c10-8-1-3-11-9(5-8)7-2-4-12-6-7/h1-6H. The Morgan fingerprint density at radius 2 is 2.25 bits per heavy atom. The Labute approximate surface area is 83.2 Å². The molecule has 0 atom stereocenters. The van der Waals surface area contributed by atoms with E-state index in [1.807, 2.05) is 12.1 Å². The first-order chi connectivity index (χ1) is 5.86. The summed E-state index contributed by atoms with van der Waals surface area (Å²) in [4.78, 5) is 4.26. The van der Waals surface area contributed by atoms with Crippen LogP contribution in [0.3, 0.4) is 0 Å². The van der Waals surface area contributed by atoms with Gasteiger partial charge in [-0.3, -0.25) is 4.98 Å². The molecule has 3 heteroatoms. The van der Waals surface area contributed by atoms with E-state index in [0.29, 0.717) is 0 Å². The molecule has 0 saturated heterocycles. The lowest BCUT2D eigenvalue weighted by atomic mass is 10.2. The van der Waals surface area contributed by atoms with Gasteiger partial charge in [-0.15, -0.1) is 0 Å². The average Bonchev–Trinajstić information content (AvgIpc) is 2.56. The summed E-state index contributed by atoms with van der Waals surface area (Å²) in [5.74, 6) is 0. The van der Waals surface area contributed by atoms with Gasteiger partial charge in [0.05, 0.1) is 5.69 Å². The minimum Gasteiger partial charge on any atom is -0.256 e. The minimum absolute atomic E-state index is 1.02. The molecule has 0 radical (unpaired) electrons. The van der Waals surface area contributed by atoms with Gasteiger partial charge < -0.3 is 0 Å². The number of hydrogen-bond donors (Lipinski definition) is 0. The molecule has 0 aromatic carbocycles. The van der Waals surface area contributed by atoms with Gasteiger partial charge in [-0.25, -0.2) is 0 Å². The lowest BCUT2D eigenvalue weighted by molar-refractivity contribution is 1.32. The molecule has 2 aromatic rings. The molecule has 2 heterocycles. The number of thiophene rings is 1. The zero-order valence-electron chi connectivity index (χ0n) is 6.20. The van der Waals surface area contributed by atoms with E-state index in [2.05, 4.69) is 37.7 Å². The highest BCUT2D eigenvalue weighted by atomic mass is 79.9. The van der Waals surface area contributed by atoms with Crippen molar-refractivity contribution in [2.24, 2.45) is 0 Å². The van der Waals surface area contributed by atoms with Crippen molar-refractivity contribution in [3.05, 3.63) is 39.6 Å². The zero-order valence-corrected chi connectivity index (χ0v) is 8.60. The monoisotopic (exact) mass is 239 g/mol. The SMILES string of the molecule is Brc1ccnc(-c2ccsc2)c1. The highest BCUT2D eigenvalue weighted by molar-refractivity contribution is 9.10. The Bertz CT molecular complexity index is 370. The fraction of sp³-hybridized carbons (Fsp3) is 0. The summed E-state index contributed by atoms with van der Waals surface area (Å²) in [7, 11) is 0. The summed E-state index contributed by atoms with van der Waals surface area (Å²) in [5.41, 5.74) is 2.20. The first kappa shape index (κ1) is 7.95. The van der Waals surface area contributed by atoms with Crippen molar-refractivity contribution in [2.75, 3.05) is 0 Å². The first-order valence-corrected chi connectivity index (χ1v) is 5.24. The molecule has 0 spiro atoms. The molecule has 0 aliphatic heterocycles. The Hall–Kier alpha value is -0.670. The quantitative estimate of drug-likeness (QED) is 0.742. The fourth-order valence-electron chi connectivity index (χ4n) is 0.973. The van der Waals surface area contributed by atoms with Crippen LogP contribution in [0, 0.1) is 0 Å². The number of rotatable bonds is 1. The second-order valence-electron chi connectivity index (χ2n) is 2.37. The number of pyridine rings is 1. The van der Waals surface area contributed by atoms with Crippen LogP contribution in [-0.4, -0.2) is 4.98 Å². The molecule has 0 N–H and O–H groups in total. The maximum absolute atomic E-state index is 4.26. The van der Waals surface area contributed by atoms with E-state index in [1.54, 1.807) is 17.5 Å². The zero-order chi connectivity index (χ0) is 8.39. The normalized spacial score (nSPS) is 10.1. The van der Waals surface area contributed by atoms with Crippen molar-refractivity contribution in [1.82, 2.24) is 4.98 Å². The summed E-state index contributed by atoms with van der Waals surface area (Å²) in [5, 5.41) is 4.15. The van der Waals surface area contributed by atoms with Crippen LogP contribution in [0.5, 0.6) is 0 Å². The average molecular weight is 240 g/mol. The molecule has 60 valence electrons. The highest BCUT2D eigenvalue weighted by Crippen LogP contribution is 2.22. The van der Waals surface area contributed by atoms with E-state index in [-0.39, 0.29) is 0 Å². The van der Waals surface area contributed by atoms with Gasteiger partial charge in [0, 0.05) is 21.6 Å². The number of nitrogens with zero attached hydrogens (tertiary/aromatic N) is 1. The second-order valence-corrected chi connectivity index (χ2v) is 4.07. The Kier molecular flexibility index (Phi) is 2.23. The molecule has 12 heavy (non-hydrogen) atoms. The van der Waals surface area contributed by atoms with Gasteiger partial charge in [0.1, 0.15) is 0 Å². The molecular formula is C9H6BrNS. The maximum Gasteiger partial charge on any atom is 0.0721 e. The third-order valence-electron chi connectivity index (χ3n) is 1.54. The van der Waals surface area contributed by atoms with Crippen LogP contribution < -0.4 is 0 Å². The second kappa shape index (κ2) is 3.37. The van der Waals surface area contributed by atoms with Crippen LogP contribution in [0.1, 0.15) is 0 Å². The van der Waals surface area contributed by atoms with Crippen LogP contribution in [0.25, 0.3) is 11.3 Å². The Balaban J connectivity index is 2.48. The van der Waals surface area contributed by atoms with Crippen molar-refractivity contribution in [3.63, 3.8) is 0 Å². The molecule has 0 fully saturated rings. The lowest BCUT2D eigenvalue weighted by Crippen LogP contribution is -1.78. The third-order valence-corrected chi connectivity index (χ3v) is 2.72. The Morgan fingerprint density at radius 3 is 2.92 bits per heavy atom. The Morgan fingerprint density at radius 1 is 1.33 bits per heavy atom. The fourth-order valence-corrected chi connectivity index (χ4v) is 1.96. The predicted molar refractivity (Wildman–Crippen MR) is 55.3 cm³/mol. The number of hydrogen-bond acceptors (Lipinski definition) is 2. The summed E-state index contributed by atoms with van der Waals surface area (Å²) >= 11 is 5.10. The lowest BCUT2D eigenvalue weighted by Gasteiger charge is -1.95. The first-order valence-electron chi connectivity index (χ1n) is 3.50. The van der Waals surface area contributed by atoms with E-state index in [9.17, 15) is 0 Å². The summed E-state index contributed by atoms with van der Waals surface area (Å²) in [6.45, 7) is 0. The number of aromatic nitrogens is 1. The predicted octanol–water partition coefficient (Wildman–Crippen LogP) is 3.57. The van der Waals surface area contributed by atoms with Gasteiger partial charge in [0.15, 0.2) is 0 Å². The molecular weight excluding hydrogens is 234 g/mol. The van der Waals surface area contributed by atoms with E-state index < -0.39 is 0 Å². The van der Waals surface area contributed by atoms with Crippen molar-refractivity contribution in [1.29, 1.82) is 0 Å². The van der Waals surface area contributed by atoms with Crippen LogP contribution >= 0.6 is 27.3 Å². The van der Waals surface area contributed by atoms with Crippen LogP contribution in [0.15, 0.2) is 39.6 Å². The molecule has 1 nitrogen and oxygen atoms in total. The van der Waals surface area contributed by atoms with Crippen LogP contribution in [-0.2, 0) is 0 Å². The maximum atomic E-state index is 4.26. The molecule has 2 rings (SSSR count). The third kappa shape index (κ3) is 1.57. The molecule has 0 aliphatic rings. The van der Waals surface area contributed by atoms with Crippen molar-refractivity contribution in [2.45, 2.75) is 0 Å². The van der Waals surface area contributed by atoms with Crippen LogP contribution in [0.2, 0.25) is 0 Å². The molecule has 2 aromatic heterocycles. The smallest absolute Gasteiger partial charge is 0.0721 e. The topological polar surface area (TPSA) is 12.9 Å². The van der Waals surface area contributed by atoms with Crippen molar-refractivity contribution in [3.8, 4) is 11.3 Å². The molecule has 0 saturated carbocycles. The van der Waals surface area contributed by atoms with E-state index in [1.165, 1.54) is 5.56 Å². The highest BCUT2D eigenvalue weighted by Gasteiger charge is 1.98. The van der Waals surface area contributed by atoms with E-state index >= 15 is 0 Å². The van der Waals surface area contributed by atoms with E-state index in [4.69, 9.17) is 0 Å².